The van der Waals surface area contributed by atoms with Crippen LogP contribution < -0.4 is 82.7 Å². The van der Waals surface area contributed by atoms with Crippen LogP contribution in [0, 0.1) is 5.92 Å². The molecule has 0 saturated heterocycles. The molecule has 2 aromatic rings. The van der Waals surface area contributed by atoms with Crippen LogP contribution in [-0.4, -0.2) is 178 Å². The van der Waals surface area contributed by atoms with Gasteiger partial charge in [0, 0.05) is 43.2 Å². The number of hydrogen-bond donors (Lipinski definition) is 19. The number of carboxylic acid groups (broad SMARTS) is 2. The van der Waals surface area contributed by atoms with Gasteiger partial charge in [0.15, 0.2) is 23.9 Å². The summed E-state index contributed by atoms with van der Waals surface area (Å²) in [5.41, 5.74) is 40.3. The summed E-state index contributed by atoms with van der Waals surface area (Å²) < 4.78 is 0. The zero-order chi connectivity index (χ0) is 60.1. The molecule has 8 amide bonds. The molecule has 1 aromatic heterocycles. The number of carboxylic acids is 2. The van der Waals surface area contributed by atoms with Gasteiger partial charge in [0.2, 0.25) is 47.3 Å². The molecule has 0 unspecified atom stereocenters. The highest BCUT2D eigenvalue weighted by molar-refractivity contribution is 5.97. The number of amides is 8. The molecular weight excluding hydrogens is 1050 g/mol. The number of aliphatic imine (C=N–C) groups is 3. The third-order valence-corrected chi connectivity index (χ3v) is 11.7. The summed E-state index contributed by atoms with van der Waals surface area (Å²) in [4.78, 5) is 147. The van der Waals surface area contributed by atoms with Gasteiger partial charge in [0.05, 0.1) is 25.2 Å². The quantitative estimate of drug-likeness (QED) is 0.0170. The van der Waals surface area contributed by atoms with E-state index in [1.807, 2.05) is 24.3 Å². The van der Waals surface area contributed by atoms with Gasteiger partial charge in [-0.05, 0) is 82.3 Å². The molecular formula is C48H79N19O13. The van der Waals surface area contributed by atoms with Crippen LogP contribution in [0.2, 0.25) is 0 Å². The Hall–Kier alpha value is -8.81. The number of aromatic nitrogens is 1. The number of nitrogens with zero attached hydrogens (tertiary/aromatic N) is 3. The first-order valence-electron chi connectivity index (χ1n) is 25.6. The van der Waals surface area contributed by atoms with Crippen molar-refractivity contribution in [3.8, 4) is 0 Å². The van der Waals surface area contributed by atoms with Gasteiger partial charge in [0.25, 0.3) is 0 Å². The molecule has 80 heavy (non-hydrogen) atoms. The van der Waals surface area contributed by atoms with Crippen LogP contribution in [0.3, 0.4) is 0 Å². The van der Waals surface area contributed by atoms with Crippen LogP contribution in [0.4, 0.5) is 0 Å². The van der Waals surface area contributed by atoms with E-state index in [-0.39, 0.29) is 94.8 Å². The van der Waals surface area contributed by atoms with E-state index < -0.39 is 134 Å². The van der Waals surface area contributed by atoms with Gasteiger partial charge in [-0.1, -0.05) is 32.0 Å². The summed E-state index contributed by atoms with van der Waals surface area (Å²) in [6, 6.07) is -2.61. The van der Waals surface area contributed by atoms with Crippen molar-refractivity contribution in [2.75, 3.05) is 32.7 Å². The van der Waals surface area contributed by atoms with E-state index in [2.05, 4.69) is 62.5 Å². The number of aromatic amines is 1. The van der Waals surface area contributed by atoms with Crippen LogP contribution in [0.25, 0.3) is 10.9 Å². The Morgan fingerprint density at radius 2 is 0.988 bits per heavy atom. The average Bonchev–Trinajstić information content (AvgIpc) is 3.78. The molecule has 0 aliphatic heterocycles. The number of carbonyl (C=O) groups is 10. The van der Waals surface area contributed by atoms with Gasteiger partial charge >= 0.3 is 11.9 Å². The summed E-state index contributed by atoms with van der Waals surface area (Å²) in [6.07, 6.45) is -0.887. The molecule has 444 valence electrons. The zero-order valence-corrected chi connectivity index (χ0v) is 45.0. The fraction of sp³-hybridized carbons (Fsp3) is 0.562. The number of hydrogen-bond acceptors (Lipinski definition) is 15. The van der Waals surface area contributed by atoms with Gasteiger partial charge in [-0.15, -0.1) is 0 Å². The predicted octanol–water partition coefficient (Wildman–Crippen LogP) is -6.28. The molecule has 0 saturated carbocycles. The van der Waals surface area contributed by atoms with E-state index in [0.29, 0.717) is 0 Å². The third-order valence-electron chi connectivity index (χ3n) is 11.7. The highest BCUT2D eigenvalue weighted by Gasteiger charge is 2.33. The molecule has 8 atom stereocenters. The van der Waals surface area contributed by atoms with Crippen molar-refractivity contribution in [3.63, 3.8) is 0 Å². The minimum atomic E-state index is -1.77. The number of nitrogens with two attached hydrogens (primary N) is 7. The SMILES string of the molecule is CC(C)C[C@H](NC(=O)[C@H](CCCN=C(N)N)NC(=O)CNC(=O)[C@@H](N)Cc1c[nH]c2ccccc12)C(=O)N[C@@H](CCC(=O)O)C(=O)NCC(=O)N[C@@H](CCCN=C(N)N)C(=O)N[C@@H](CCCN=C(N)N)C(=O)N[C@H](C(=O)O)[C@@H](C)O. The second-order valence-corrected chi connectivity index (χ2v) is 19.0. The number of carbonyl (C=O) groups excluding carboxylic acids is 8. The maximum atomic E-state index is 14.0. The monoisotopic (exact) mass is 1130 g/mol. The van der Waals surface area contributed by atoms with Crippen LogP contribution in [0.1, 0.15) is 84.1 Å². The number of aliphatic hydroxyl groups is 1. The lowest BCUT2D eigenvalue weighted by atomic mass is 10.0. The second kappa shape index (κ2) is 34.9. The average molecular weight is 1130 g/mol. The van der Waals surface area contributed by atoms with Gasteiger partial charge in [-0.2, -0.15) is 0 Å². The summed E-state index contributed by atoms with van der Waals surface area (Å²) in [5.74, 6) is -11.2. The molecule has 0 radical (unpaired) electrons. The largest absolute Gasteiger partial charge is 0.481 e. The number of aliphatic hydroxyl groups excluding tert-OH is 1. The van der Waals surface area contributed by atoms with Crippen LogP contribution >= 0.6 is 0 Å². The summed E-state index contributed by atoms with van der Waals surface area (Å²) in [6.45, 7) is 3.18. The zero-order valence-electron chi connectivity index (χ0n) is 45.0. The predicted molar refractivity (Wildman–Crippen MR) is 293 cm³/mol. The van der Waals surface area contributed by atoms with Crippen molar-refractivity contribution in [1.82, 2.24) is 47.5 Å². The molecule has 0 bridgehead atoms. The van der Waals surface area contributed by atoms with E-state index >= 15 is 0 Å². The Bertz CT molecular complexity index is 2520. The number of guanidine groups is 3. The van der Waals surface area contributed by atoms with Crippen molar-refractivity contribution < 1.29 is 63.3 Å². The van der Waals surface area contributed by atoms with E-state index in [1.165, 1.54) is 0 Å². The lowest BCUT2D eigenvalue weighted by Gasteiger charge is -2.26. The summed E-state index contributed by atoms with van der Waals surface area (Å²) in [7, 11) is 0. The molecule has 2 rings (SSSR count). The highest BCUT2D eigenvalue weighted by atomic mass is 16.4. The molecule has 0 aliphatic carbocycles. The van der Waals surface area contributed by atoms with Crippen molar-refractivity contribution in [1.29, 1.82) is 0 Å². The van der Waals surface area contributed by atoms with Crippen molar-refractivity contribution in [2.24, 2.45) is 61.0 Å². The van der Waals surface area contributed by atoms with Crippen molar-refractivity contribution in [2.45, 2.75) is 133 Å². The molecule has 0 aliphatic rings. The highest BCUT2D eigenvalue weighted by Crippen LogP contribution is 2.19. The van der Waals surface area contributed by atoms with E-state index in [0.717, 1.165) is 23.4 Å². The number of aliphatic carboxylic acids is 2. The summed E-state index contributed by atoms with van der Waals surface area (Å²) >= 11 is 0. The lowest BCUT2D eigenvalue weighted by Crippen LogP contribution is -2.58. The Kier molecular flexibility index (Phi) is 29.3. The number of fused-ring (bicyclic) bond motifs is 1. The second-order valence-electron chi connectivity index (χ2n) is 19.0. The van der Waals surface area contributed by atoms with Crippen molar-refractivity contribution >= 4 is 88.0 Å². The molecule has 1 heterocycles. The molecule has 26 N–H and O–H groups in total. The van der Waals surface area contributed by atoms with Gasteiger partial charge < -0.3 is 103 Å². The van der Waals surface area contributed by atoms with Crippen LogP contribution in [0.15, 0.2) is 45.4 Å². The minimum absolute atomic E-state index is 0.00229. The number of rotatable bonds is 37. The van der Waals surface area contributed by atoms with Gasteiger partial charge in [-0.3, -0.25) is 58.1 Å². The number of nitrogens with one attached hydrogen (secondary N) is 9. The molecule has 0 spiro atoms. The topological polar surface area (TPSA) is 563 Å². The maximum absolute atomic E-state index is 14.0. The first-order valence-corrected chi connectivity index (χ1v) is 25.6. The maximum Gasteiger partial charge on any atom is 0.328 e. The molecule has 32 nitrogen and oxygen atoms in total. The Morgan fingerprint density at radius 1 is 0.562 bits per heavy atom. The Morgan fingerprint density at radius 3 is 1.44 bits per heavy atom. The third kappa shape index (κ3) is 26.0. The van der Waals surface area contributed by atoms with Crippen LogP contribution in [0.5, 0.6) is 0 Å². The van der Waals surface area contributed by atoms with E-state index in [4.69, 9.17) is 40.1 Å². The molecule has 32 heteroatoms. The fourth-order valence-corrected chi connectivity index (χ4v) is 7.73. The Balaban J connectivity index is 2.28. The smallest absolute Gasteiger partial charge is 0.328 e. The first-order chi connectivity index (χ1) is 37.7. The normalized spacial score (nSPS) is 13.9. The lowest BCUT2D eigenvalue weighted by molar-refractivity contribution is -0.145. The molecule has 1 aromatic carbocycles. The Labute approximate surface area is 460 Å². The van der Waals surface area contributed by atoms with Gasteiger partial charge in [-0.25, -0.2) is 4.79 Å². The van der Waals surface area contributed by atoms with Crippen LogP contribution in [-0.2, 0) is 54.4 Å². The number of para-hydroxylation sites is 1. The minimum Gasteiger partial charge on any atom is -0.481 e. The summed E-state index contributed by atoms with van der Waals surface area (Å²) in [5, 5.41) is 49.3. The van der Waals surface area contributed by atoms with E-state index in [1.54, 1.807) is 20.0 Å². The molecule has 0 fully saturated rings. The van der Waals surface area contributed by atoms with Gasteiger partial charge in [0.1, 0.15) is 30.2 Å². The van der Waals surface area contributed by atoms with Crippen molar-refractivity contribution in [3.05, 3.63) is 36.0 Å². The fourth-order valence-electron chi connectivity index (χ4n) is 7.73. The number of benzene rings is 1. The van der Waals surface area contributed by atoms with E-state index in [9.17, 15) is 63.3 Å². The first kappa shape index (κ1) is 67.3. The standard InChI is InChI=1S/C48H79N19O13/c1-24(2)19-34(66-42(76)31(12-7-17-57-47(52)53)63-35(69)22-60-39(73)28(49)20-26-21-59-29-10-5-4-9-27(26)29)44(78)65-33(14-15-37(71)72)40(74)61-23-36(70)62-30(11-6-16-56-46(50)51)41(75)64-32(13-8-18-58-48(54)55)43(77)67-38(25(3)68)45(79)80/h4-5,9-10,21,24-25,28,30-34,38,59,68H,6-8,11-20,22-23,49H2,1-3H3,(H,60,73)(H,61,74)(H,62,70)(H,63,69)(H,64,75)(H,65,78)(H,66,76)(H,67,77)(H,71,72)(H,79,80)(H4,50,51,56)(H4,52,53,57)(H4,54,55,58)/t25-,28+,30+,31+,32+,33+,34+,38+/m1/s1. The number of H-pyrrole nitrogens is 1.